The first-order valence-electron chi connectivity index (χ1n) is 10.3. The van der Waals surface area contributed by atoms with Gasteiger partial charge < -0.3 is 9.84 Å². The van der Waals surface area contributed by atoms with E-state index in [0.717, 1.165) is 17.2 Å². The van der Waals surface area contributed by atoms with Crippen molar-refractivity contribution in [3.63, 3.8) is 0 Å². The van der Waals surface area contributed by atoms with Gasteiger partial charge >= 0.3 is 0 Å². The Balaban J connectivity index is 1.68. The molecule has 1 unspecified atom stereocenters. The summed E-state index contributed by atoms with van der Waals surface area (Å²) < 4.78 is 33.7. The van der Waals surface area contributed by atoms with Gasteiger partial charge in [-0.15, -0.1) is 0 Å². The van der Waals surface area contributed by atoms with Crippen molar-refractivity contribution in [2.75, 3.05) is 4.90 Å². The zero-order valence-electron chi connectivity index (χ0n) is 17.8. The molecule has 1 N–H and O–H groups in total. The van der Waals surface area contributed by atoms with Crippen LogP contribution < -0.4 is 10.2 Å². The molecule has 0 saturated carbocycles. The topological polar surface area (TPSA) is 54.2 Å². The zero-order chi connectivity index (χ0) is 23.8. The molecule has 1 aliphatic rings. The fraction of sp³-hybridized carbons (Fsp3) is 0.0800. The first-order chi connectivity index (χ1) is 16.4. The number of benzene rings is 3. The monoisotopic (exact) mass is 494 g/mol. The predicted molar refractivity (Wildman–Crippen MR) is 131 cm³/mol. The van der Waals surface area contributed by atoms with Crippen molar-refractivity contribution in [3.05, 3.63) is 107 Å². The molecule has 170 valence electrons. The number of hydrogen-bond acceptors (Lipinski definition) is 4. The van der Waals surface area contributed by atoms with Crippen LogP contribution in [0.2, 0.25) is 5.02 Å². The molecule has 0 radical (unpaired) electrons. The van der Waals surface area contributed by atoms with Crippen LogP contribution in [0.4, 0.5) is 14.5 Å². The molecule has 1 aromatic heterocycles. The Kier molecular flexibility index (Phi) is 5.85. The third-order valence-electron chi connectivity index (χ3n) is 5.46. The van der Waals surface area contributed by atoms with Gasteiger partial charge in [-0.25, -0.2) is 8.78 Å². The Bertz CT molecular complexity index is 1400. The van der Waals surface area contributed by atoms with Crippen LogP contribution in [0.3, 0.4) is 0 Å². The van der Waals surface area contributed by atoms with Gasteiger partial charge in [-0.1, -0.05) is 59.2 Å². The van der Waals surface area contributed by atoms with Gasteiger partial charge in [-0.05, 0) is 49.0 Å². The van der Waals surface area contributed by atoms with Crippen molar-refractivity contribution in [1.29, 1.82) is 0 Å². The first kappa shape index (κ1) is 22.2. The molecular weight excluding hydrogens is 478 g/mol. The van der Waals surface area contributed by atoms with Crippen molar-refractivity contribution >= 4 is 40.2 Å². The van der Waals surface area contributed by atoms with Crippen molar-refractivity contribution in [3.8, 4) is 11.4 Å². The zero-order valence-corrected chi connectivity index (χ0v) is 19.4. The summed E-state index contributed by atoms with van der Waals surface area (Å²) in [7, 11) is 0. The maximum absolute atomic E-state index is 14.0. The molecule has 0 bridgehead atoms. The Morgan fingerprint density at radius 3 is 2.44 bits per heavy atom. The lowest BCUT2D eigenvalue weighted by Crippen LogP contribution is -2.46. The maximum atomic E-state index is 14.0. The van der Waals surface area contributed by atoms with Gasteiger partial charge in [0.25, 0.3) is 5.89 Å². The molecule has 0 aliphatic carbocycles. The summed E-state index contributed by atoms with van der Waals surface area (Å²) in [6.07, 6.45) is 0. The largest absolute Gasteiger partial charge is 0.351 e. The van der Waals surface area contributed by atoms with Gasteiger partial charge in [0.1, 0.15) is 11.6 Å². The average molecular weight is 495 g/mol. The fourth-order valence-corrected chi connectivity index (χ4v) is 4.53. The smallest absolute Gasteiger partial charge is 0.258 e. The molecule has 1 aliphatic heterocycles. The first-order valence-corrected chi connectivity index (χ1v) is 11.1. The fourth-order valence-electron chi connectivity index (χ4n) is 3.97. The van der Waals surface area contributed by atoms with Crippen LogP contribution in [-0.2, 0) is 0 Å². The van der Waals surface area contributed by atoms with E-state index in [1.54, 1.807) is 24.0 Å². The number of rotatable bonds is 4. The van der Waals surface area contributed by atoms with E-state index in [-0.39, 0.29) is 16.7 Å². The van der Waals surface area contributed by atoms with Crippen LogP contribution >= 0.6 is 23.8 Å². The van der Waals surface area contributed by atoms with Crippen LogP contribution in [0.25, 0.3) is 17.0 Å². The molecule has 0 fully saturated rings. The van der Waals surface area contributed by atoms with Crippen molar-refractivity contribution < 1.29 is 13.3 Å². The van der Waals surface area contributed by atoms with E-state index in [9.17, 15) is 8.78 Å². The van der Waals surface area contributed by atoms with Gasteiger partial charge in [-0.3, -0.25) is 4.90 Å². The lowest BCUT2D eigenvalue weighted by Gasteiger charge is -2.37. The van der Waals surface area contributed by atoms with Crippen molar-refractivity contribution in [1.82, 2.24) is 15.5 Å². The summed E-state index contributed by atoms with van der Waals surface area (Å²) in [5.41, 5.74) is 3.03. The van der Waals surface area contributed by atoms with Gasteiger partial charge in [0.05, 0.1) is 17.3 Å². The Labute approximate surface area is 204 Å². The normalized spacial score (nSPS) is 16.1. The summed E-state index contributed by atoms with van der Waals surface area (Å²) in [5.74, 6) is -0.767. The van der Waals surface area contributed by atoms with Gasteiger partial charge in [0.2, 0.25) is 5.82 Å². The minimum absolute atomic E-state index is 0.234. The Morgan fingerprint density at radius 1 is 1.00 bits per heavy atom. The standard InChI is InChI=1S/C25H17ClF2N4OS/c1-14-21(24-30-23(31-33-24)15-6-3-2-4-7-15)22(16-8-5-9-17(26)10-16)29-25(34)32(14)20-12-18(27)11-19(28)13-20/h2-13,22H,1H3,(H,29,34). The summed E-state index contributed by atoms with van der Waals surface area (Å²) >= 11 is 11.9. The lowest BCUT2D eigenvalue weighted by molar-refractivity contribution is 0.404. The van der Waals surface area contributed by atoms with E-state index < -0.39 is 17.7 Å². The molecule has 0 saturated heterocycles. The number of allylic oxidation sites excluding steroid dienone is 1. The highest BCUT2D eigenvalue weighted by atomic mass is 35.5. The molecule has 5 rings (SSSR count). The van der Waals surface area contributed by atoms with Gasteiger partial charge in [0, 0.05) is 22.3 Å². The molecule has 5 nitrogen and oxygen atoms in total. The second-order valence-corrected chi connectivity index (χ2v) is 8.51. The SMILES string of the molecule is CC1=C(c2nc(-c3ccccc3)no2)C(c2cccc(Cl)c2)NC(=S)N1c1cc(F)cc(F)c1. The number of aromatic nitrogens is 2. The Hall–Kier alpha value is -3.62. The number of halogens is 3. The predicted octanol–water partition coefficient (Wildman–Crippen LogP) is 6.54. The van der Waals surface area contributed by atoms with Crippen LogP contribution in [0.5, 0.6) is 0 Å². The van der Waals surface area contributed by atoms with Crippen LogP contribution in [0, 0.1) is 11.6 Å². The summed E-state index contributed by atoms with van der Waals surface area (Å²) in [6, 6.07) is 19.5. The summed E-state index contributed by atoms with van der Waals surface area (Å²) in [6.45, 7) is 1.79. The average Bonchev–Trinajstić information content (AvgIpc) is 3.28. The van der Waals surface area contributed by atoms with E-state index >= 15 is 0 Å². The maximum Gasteiger partial charge on any atom is 0.258 e. The van der Waals surface area contributed by atoms with Crippen molar-refractivity contribution in [2.24, 2.45) is 0 Å². The van der Waals surface area contributed by atoms with Crippen molar-refractivity contribution in [2.45, 2.75) is 13.0 Å². The minimum atomic E-state index is -0.715. The number of nitrogens with zero attached hydrogens (tertiary/aromatic N) is 3. The molecular formula is C25H17ClF2N4OS. The number of hydrogen-bond donors (Lipinski definition) is 1. The van der Waals surface area contributed by atoms with E-state index in [0.29, 0.717) is 22.1 Å². The number of anilines is 1. The van der Waals surface area contributed by atoms with Crippen LogP contribution in [0.1, 0.15) is 24.4 Å². The molecule has 34 heavy (non-hydrogen) atoms. The quantitative estimate of drug-likeness (QED) is 0.325. The second-order valence-electron chi connectivity index (χ2n) is 7.69. The highest BCUT2D eigenvalue weighted by molar-refractivity contribution is 7.80. The van der Waals surface area contributed by atoms with Crippen LogP contribution in [0.15, 0.2) is 83.0 Å². The Morgan fingerprint density at radius 2 is 1.74 bits per heavy atom. The van der Waals surface area contributed by atoms with E-state index in [4.69, 9.17) is 28.3 Å². The van der Waals surface area contributed by atoms with E-state index in [2.05, 4.69) is 15.5 Å². The van der Waals surface area contributed by atoms with Gasteiger partial charge in [0.15, 0.2) is 5.11 Å². The third kappa shape index (κ3) is 4.18. The molecule has 0 amide bonds. The molecule has 9 heteroatoms. The van der Waals surface area contributed by atoms with E-state index in [1.807, 2.05) is 42.5 Å². The van der Waals surface area contributed by atoms with Crippen LogP contribution in [-0.4, -0.2) is 15.3 Å². The van der Waals surface area contributed by atoms with Gasteiger partial charge in [-0.2, -0.15) is 4.98 Å². The second kappa shape index (κ2) is 8.96. The summed E-state index contributed by atoms with van der Waals surface area (Å²) in [4.78, 5) is 6.16. The number of nitrogens with one attached hydrogen (secondary N) is 1. The van der Waals surface area contributed by atoms with E-state index in [1.165, 1.54) is 12.1 Å². The third-order valence-corrected chi connectivity index (χ3v) is 6.00. The molecule has 4 aromatic rings. The highest BCUT2D eigenvalue weighted by Crippen LogP contribution is 2.40. The molecule has 0 spiro atoms. The molecule has 2 heterocycles. The molecule has 1 atom stereocenters. The number of thiocarbonyl (C=S) groups is 1. The highest BCUT2D eigenvalue weighted by Gasteiger charge is 2.35. The summed E-state index contributed by atoms with van der Waals surface area (Å²) in [5, 5.41) is 8.20. The molecule has 3 aromatic carbocycles. The lowest BCUT2D eigenvalue weighted by atomic mass is 9.94. The minimum Gasteiger partial charge on any atom is -0.351 e.